The number of rotatable bonds is 0. The Morgan fingerprint density at radius 2 is 1.56 bits per heavy atom. The zero-order valence-electron chi connectivity index (χ0n) is 9.54. The normalized spacial score (nSPS) is 10.2. The number of nitrogens with zero attached hydrogens (tertiary/aromatic N) is 3. The molecule has 0 saturated carbocycles. The summed E-state index contributed by atoms with van der Waals surface area (Å²) in [4.78, 5) is 4.02. The second kappa shape index (κ2) is 4.67. The molecule has 0 bridgehead atoms. The van der Waals surface area contributed by atoms with Crippen molar-refractivity contribution in [1.29, 1.82) is 0 Å². The predicted molar refractivity (Wildman–Crippen MR) is 70.0 cm³/mol. The van der Waals surface area contributed by atoms with Gasteiger partial charge in [0.15, 0.2) is 5.65 Å². The van der Waals surface area contributed by atoms with Crippen LogP contribution in [0.4, 0.5) is 0 Å². The van der Waals surface area contributed by atoms with Gasteiger partial charge in [-0.3, -0.25) is 10.2 Å². The maximum atomic E-state index is 4.02. The Morgan fingerprint density at radius 3 is 2.44 bits per heavy atom. The largest absolute Gasteiger partial charge is 0.278 e. The minimum atomic E-state index is 0.845. The molecular weight excluding hydrogens is 226 g/mol. The van der Waals surface area contributed by atoms with E-state index in [4.69, 9.17) is 0 Å². The number of nitrogens with one attached hydrogen (secondary N) is 2. The van der Waals surface area contributed by atoms with Gasteiger partial charge in [0.2, 0.25) is 0 Å². The Hall–Kier alpha value is -2.69. The maximum absolute atomic E-state index is 4.02. The van der Waals surface area contributed by atoms with Gasteiger partial charge in [-0.05, 0) is 18.2 Å². The number of aromatic amines is 2. The van der Waals surface area contributed by atoms with Crippen LogP contribution in [-0.2, 0) is 0 Å². The van der Waals surface area contributed by atoms with Crippen molar-refractivity contribution in [2.24, 2.45) is 0 Å². The molecule has 0 aliphatic carbocycles. The summed E-state index contributed by atoms with van der Waals surface area (Å²) in [6.07, 6.45) is 5.30. The lowest BCUT2D eigenvalue weighted by atomic mass is 10.3. The van der Waals surface area contributed by atoms with Gasteiger partial charge in [-0.1, -0.05) is 18.2 Å². The van der Waals surface area contributed by atoms with Gasteiger partial charge in [0, 0.05) is 17.0 Å². The van der Waals surface area contributed by atoms with E-state index >= 15 is 0 Å². The molecule has 1 aromatic carbocycles. The molecule has 0 amide bonds. The molecule has 0 atom stereocenters. The summed E-state index contributed by atoms with van der Waals surface area (Å²) >= 11 is 0. The standard InChI is InChI=1S/C7H6N2.C6H5N3/c1-2-4-7-6(3-1)5-8-9-7;1-2-5-4-8-9-6(5)7-3-1/h1-5H,(H,8,9);1-4H,(H,7,8,9). The molecule has 5 nitrogen and oxygen atoms in total. The van der Waals surface area contributed by atoms with Crippen LogP contribution in [0.25, 0.3) is 21.9 Å². The van der Waals surface area contributed by atoms with Crippen LogP contribution >= 0.6 is 0 Å². The van der Waals surface area contributed by atoms with Gasteiger partial charge in [0.25, 0.3) is 0 Å². The van der Waals surface area contributed by atoms with Gasteiger partial charge in [0.1, 0.15) is 0 Å². The molecule has 4 aromatic rings. The fourth-order valence-electron chi connectivity index (χ4n) is 1.66. The van der Waals surface area contributed by atoms with Crippen molar-refractivity contribution in [2.75, 3.05) is 0 Å². The molecule has 88 valence electrons. The van der Waals surface area contributed by atoms with Gasteiger partial charge < -0.3 is 0 Å². The number of fused-ring (bicyclic) bond motifs is 2. The molecule has 5 heteroatoms. The molecule has 0 saturated heterocycles. The highest BCUT2D eigenvalue weighted by Gasteiger charge is 1.90. The summed E-state index contributed by atoms with van der Waals surface area (Å²) in [6, 6.07) is 11.9. The summed E-state index contributed by atoms with van der Waals surface area (Å²) in [7, 11) is 0. The Balaban J connectivity index is 0.000000111. The molecule has 0 unspecified atom stereocenters. The van der Waals surface area contributed by atoms with Crippen LogP contribution in [0.5, 0.6) is 0 Å². The van der Waals surface area contributed by atoms with Gasteiger partial charge >= 0.3 is 0 Å². The average molecular weight is 237 g/mol. The van der Waals surface area contributed by atoms with E-state index in [9.17, 15) is 0 Å². The van der Waals surface area contributed by atoms with E-state index in [0.29, 0.717) is 0 Å². The van der Waals surface area contributed by atoms with E-state index in [1.807, 2.05) is 42.6 Å². The lowest BCUT2D eigenvalue weighted by Gasteiger charge is -1.81. The third-order valence-electron chi connectivity index (χ3n) is 2.56. The number of pyridine rings is 1. The molecule has 3 heterocycles. The fourth-order valence-corrected chi connectivity index (χ4v) is 1.66. The van der Waals surface area contributed by atoms with E-state index in [1.165, 1.54) is 0 Å². The van der Waals surface area contributed by atoms with Crippen molar-refractivity contribution >= 4 is 21.9 Å². The molecule has 0 radical (unpaired) electrons. The van der Waals surface area contributed by atoms with E-state index in [1.54, 1.807) is 12.4 Å². The zero-order chi connectivity index (χ0) is 12.2. The number of para-hydroxylation sites is 1. The number of hydrogen-bond acceptors (Lipinski definition) is 3. The van der Waals surface area contributed by atoms with E-state index in [0.717, 1.165) is 21.9 Å². The van der Waals surface area contributed by atoms with Crippen LogP contribution in [0.3, 0.4) is 0 Å². The number of aromatic nitrogens is 5. The highest BCUT2D eigenvalue weighted by molar-refractivity contribution is 5.77. The molecule has 0 aliphatic heterocycles. The van der Waals surface area contributed by atoms with Crippen molar-refractivity contribution in [3.05, 3.63) is 55.0 Å². The van der Waals surface area contributed by atoms with Crippen molar-refractivity contribution < 1.29 is 0 Å². The molecule has 18 heavy (non-hydrogen) atoms. The monoisotopic (exact) mass is 237 g/mol. The highest BCUT2D eigenvalue weighted by Crippen LogP contribution is 2.07. The number of benzene rings is 1. The molecule has 0 spiro atoms. The zero-order valence-corrected chi connectivity index (χ0v) is 9.54. The second-order valence-corrected chi connectivity index (χ2v) is 3.77. The lowest BCUT2D eigenvalue weighted by molar-refractivity contribution is 1.10. The number of hydrogen-bond donors (Lipinski definition) is 2. The lowest BCUT2D eigenvalue weighted by Crippen LogP contribution is -1.71. The first kappa shape index (κ1) is 10.5. The Morgan fingerprint density at radius 1 is 0.778 bits per heavy atom. The Labute approximate surface area is 103 Å². The minimum absolute atomic E-state index is 0.845. The van der Waals surface area contributed by atoms with E-state index < -0.39 is 0 Å². The van der Waals surface area contributed by atoms with Crippen molar-refractivity contribution in [2.45, 2.75) is 0 Å². The molecule has 2 N–H and O–H groups in total. The van der Waals surface area contributed by atoms with Gasteiger partial charge in [-0.15, -0.1) is 0 Å². The van der Waals surface area contributed by atoms with Crippen molar-refractivity contribution in [3.8, 4) is 0 Å². The SMILES string of the molecule is c1ccc2[nH]ncc2c1.c1cnc2[nH]ncc2c1. The third kappa shape index (κ3) is 2.06. The van der Waals surface area contributed by atoms with Gasteiger partial charge in [-0.2, -0.15) is 10.2 Å². The fraction of sp³-hybridized carbons (Fsp3) is 0. The predicted octanol–water partition coefficient (Wildman–Crippen LogP) is 2.52. The first-order valence-corrected chi connectivity index (χ1v) is 5.56. The molecule has 0 fully saturated rings. The molecule has 0 aliphatic rings. The average Bonchev–Trinajstić information content (AvgIpc) is 3.08. The Kier molecular flexibility index (Phi) is 2.71. The van der Waals surface area contributed by atoms with Crippen LogP contribution in [0.1, 0.15) is 0 Å². The summed E-state index contributed by atoms with van der Waals surface area (Å²) in [6.45, 7) is 0. The minimum Gasteiger partial charge on any atom is -0.278 e. The van der Waals surface area contributed by atoms with Crippen LogP contribution in [0, 0.1) is 0 Å². The second-order valence-electron chi connectivity index (χ2n) is 3.77. The van der Waals surface area contributed by atoms with Crippen molar-refractivity contribution in [1.82, 2.24) is 25.4 Å². The van der Waals surface area contributed by atoms with Crippen LogP contribution < -0.4 is 0 Å². The van der Waals surface area contributed by atoms with Gasteiger partial charge in [0.05, 0.1) is 17.9 Å². The molecule has 4 rings (SSSR count). The van der Waals surface area contributed by atoms with Crippen LogP contribution in [0.2, 0.25) is 0 Å². The third-order valence-corrected chi connectivity index (χ3v) is 2.56. The van der Waals surface area contributed by atoms with Gasteiger partial charge in [-0.25, -0.2) is 4.98 Å². The summed E-state index contributed by atoms with van der Waals surface area (Å²) in [5, 5.41) is 15.5. The first-order chi connectivity index (χ1) is 8.93. The smallest absolute Gasteiger partial charge is 0.155 e. The van der Waals surface area contributed by atoms with Crippen LogP contribution in [-0.4, -0.2) is 25.4 Å². The number of H-pyrrole nitrogens is 2. The summed E-state index contributed by atoms with van der Waals surface area (Å²) < 4.78 is 0. The van der Waals surface area contributed by atoms with E-state index in [2.05, 4.69) is 25.4 Å². The van der Waals surface area contributed by atoms with Crippen molar-refractivity contribution in [3.63, 3.8) is 0 Å². The highest BCUT2D eigenvalue weighted by atomic mass is 15.1. The quantitative estimate of drug-likeness (QED) is 0.493. The summed E-state index contributed by atoms with van der Waals surface area (Å²) in [5.74, 6) is 0. The van der Waals surface area contributed by atoms with Crippen LogP contribution in [0.15, 0.2) is 55.0 Å². The van der Waals surface area contributed by atoms with E-state index in [-0.39, 0.29) is 0 Å². The Bertz CT molecular complexity index is 629. The molecule has 3 aromatic heterocycles. The maximum Gasteiger partial charge on any atom is 0.155 e. The first-order valence-electron chi connectivity index (χ1n) is 5.56. The molecular formula is C13H11N5. The summed E-state index contributed by atoms with van der Waals surface area (Å²) in [5.41, 5.74) is 1.94. The topological polar surface area (TPSA) is 70.2 Å².